The molecule has 0 radical (unpaired) electrons. The Kier molecular flexibility index (Phi) is 75.0. The zero-order valence-electron chi connectivity index (χ0n) is 68.3. The molecule has 0 saturated heterocycles. The molecule has 0 aliphatic carbocycles. The monoisotopic (exact) mass is 1520 g/mol. The van der Waals surface area contributed by atoms with E-state index in [4.69, 9.17) is 37.0 Å². The largest absolute Gasteiger partial charge is 0.472 e. The molecule has 4 unspecified atom stereocenters. The summed E-state index contributed by atoms with van der Waals surface area (Å²) in [6.07, 6.45) is 67.8. The minimum Gasteiger partial charge on any atom is -0.462 e. The summed E-state index contributed by atoms with van der Waals surface area (Å²) >= 11 is 0. The molecule has 3 N–H and O–H groups in total. The highest BCUT2D eigenvalue weighted by atomic mass is 31.2. The SMILES string of the molecule is CCCCCCCCCCCCCCCCCCC(=O)OC[C@H](COP(=O)(O)OC[C@@H](O)COP(=O)(O)OC[C@@H](COC(=O)CCCCCCCCCCCCCC)OC(=O)CCCCCCCCCCCCC(C)CC)OC(=O)CCCCCCCCCCCCCCCCCCCCC(C)CC. The number of rotatable bonds is 84. The topological polar surface area (TPSA) is 237 Å². The van der Waals surface area contributed by atoms with E-state index >= 15 is 0 Å². The third-order valence-corrected chi connectivity index (χ3v) is 22.6. The molecular weight excluding hydrogens is 1350 g/mol. The van der Waals surface area contributed by atoms with Crippen LogP contribution in [-0.4, -0.2) is 96.7 Å². The van der Waals surface area contributed by atoms with Crippen LogP contribution in [0.4, 0.5) is 0 Å². The minimum absolute atomic E-state index is 0.107. The third-order valence-electron chi connectivity index (χ3n) is 20.7. The number of hydrogen-bond donors (Lipinski definition) is 3. The second-order valence-electron chi connectivity index (χ2n) is 31.1. The van der Waals surface area contributed by atoms with Gasteiger partial charge in [-0.05, 0) is 37.5 Å². The summed E-state index contributed by atoms with van der Waals surface area (Å²) in [6.45, 7) is 9.76. The van der Waals surface area contributed by atoms with Gasteiger partial charge in [0.15, 0.2) is 12.2 Å². The minimum atomic E-state index is -4.96. The number of unbranched alkanes of at least 4 members (excludes halogenated alkanes) is 52. The number of carbonyl (C=O) groups is 4. The Morgan fingerprint density at radius 1 is 0.269 bits per heavy atom. The van der Waals surface area contributed by atoms with Crippen LogP contribution in [0.1, 0.15) is 452 Å². The maximum absolute atomic E-state index is 13.1. The first-order valence-electron chi connectivity index (χ1n) is 44.1. The van der Waals surface area contributed by atoms with Crippen molar-refractivity contribution in [3.63, 3.8) is 0 Å². The van der Waals surface area contributed by atoms with Crippen molar-refractivity contribution >= 4 is 39.5 Å². The molecule has 0 aromatic rings. The van der Waals surface area contributed by atoms with E-state index in [2.05, 4.69) is 41.5 Å². The van der Waals surface area contributed by atoms with Gasteiger partial charge in [0.1, 0.15) is 19.3 Å². The second-order valence-corrected chi connectivity index (χ2v) is 34.0. The lowest BCUT2D eigenvalue weighted by molar-refractivity contribution is -0.161. The molecule has 0 amide bonds. The average Bonchev–Trinajstić information content (AvgIpc) is 0.909. The Balaban J connectivity index is 5.24. The molecule has 0 aliphatic heterocycles. The van der Waals surface area contributed by atoms with Crippen LogP contribution in [0.15, 0.2) is 0 Å². The Morgan fingerprint density at radius 3 is 0.683 bits per heavy atom. The van der Waals surface area contributed by atoms with E-state index in [-0.39, 0.29) is 25.7 Å². The van der Waals surface area contributed by atoms with Crippen molar-refractivity contribution in [1.29, 1.82) is 0 Å². The van der Waals surface area contributed by atoms with Gasteiger partial charge in [-0.15, -0.1) is 0 Å². The van der Waals surface area contributed by atoms with Crippen LogP contribution in [0.2, 0.25) is 0 Å². The van der Waals surface area contributed by atoms with E-state index < -0.39 is 97.5 Å². The summed E-state index contributed by atoms with van der Waals surface area (Å²) in [4.78, 5) is 73.2. The Morgan fingerprint density at radius 2 is 0.462 bits per heavy atom. The summed E-state index contributed by atoms with van der Waals surface area (Å²) < 4.78 is 68.9. The number of hydrogen-bond acceptors (Lipinski definition) is 15. The van der Waals surface area contributed by atoms with E-state index in [9.17, 15) is 43.2 Å². The molecule has 0 aromatic carbocycles. The van der Waals surface area contributed by atoms with Crippen LogP contribution in [0.25, 0.3) is 0 Å². The molecule has 7 atom stereocenters. The molecule has 0 aliphatic rings. The summed E-state index contributed by atoms with van der Waals surface area (Å²) in [5.41, 5.74) is 0. The first kappa shape index (κ1) is 102. The fraction of sp³-hybridized carbons (Fsp3) is 0.953. The first-order chi connectivity index (χ1) is 50.4. The molecule has 0 rings (SSSR count). The normalized spacial score (nSPS) is 14.4. The van der Waals surface area contributed by atoms with Crippen LogP contribution < -0.4 is 0 Å². The van der Waals surface area contributed by atoms with E-state index in [0.29, 0.717) is 25.7 Å². The number of ether oxygens (including phenoxy) is 4. The summed E-state index contributed by atoms with van der Waals surface area (Å²) in [7, 11) is -9.93. The molecule has 0 heterocycles. The van der Waals surface area contributed by atoms with Gasteiger partial charge in [-0.25, -0.2) is 9.13 Å². The summed E-state index contributed by atoms with van der Waals surface area (Å²) in [5, 5.41) is 10.7. The average molecular weight is 1520 g/mol. The predicted octanol–water partition coefficient (Wildman–Crippen LogP) is 25.8. The molecule has 0 aromatic heterocycles. The molecule has 104 heavy (non-hydrogen) atoms. The molecule has 19 heteroatoms. The lowest BCUT2D eigenvalue weighted by Gasteiger charge is -2.21. The van der Waals surface area contributed by atoms with Gasteiger partial charge in [0.2, 0.25) is 0 Å². The Labute approximate surface area is 638 Å². The highest BCUT2D eigenvalue weighted by Crippen LogP contribution is 2.45. The number of aliphatic hydroxyl groups excluding tert-OH is 1. The lowest BCUT2D eigenvalue weighted by atomic mass is 9.99. The molecule has 618 valence electrons. The summed E-state index contributed by atoms with van der Waals surface area (Å²) in [6, 6.07) is 0. The van der Waals surface area contributed by atoms with Gasteiger partial charge in [-0.1, -0.05) is 401 Å². The number of phosphoric acid groups is 2. The van der Waals surface area contributed by atoms with Crippen molar-refractivity contribution in [3.05, 3.63) is 0 Å². The molecule has 17 nitrogen and oxygen atoms in total. The maximum atomic E-state index is 13.1. The number of phosphoric ester groups is 2. The van der Waals surface area contributed by atoms with Crippen LogP contribution >= 0.6 is 15.6 Å². The van der Waals surface area contributed by atoms with Crippen molar-refractivity contribution in [3.8, 4) is 0 Å². The van der Waals surface area contributed by atoms with Crippen molar-refractivity contribution in [1.82, 2.24) is 0 Å². The lowest BCUT2D eigenvalue weighted by Crippen LogP contribution is -2.30. The van der Waals surface area contributed by atoms with Crippen molar-refractivity contribution < 1.29 is 80.2 Å². The molecule has 0 saturated carbocycles. The van der Waals surface area contributed by atoms with Crippen LogP contribution in [-0.2, 0) is 65.4 Å². The number of carbonyl (C=O) groups excluding carboxylic acids is 4. The smallest absolute Gasteiger partial charge is 0.462 e. The second kappa shape index (κ2) is 76.4. The highest BCUT2D eigenvalue weighted by Gasteiger charge is 2.30. The van der Waals surface area contributed by atoms with Crippen molar-refractivity contribution in [2.75, 3.05) is 39.6 Å². The van der Waals surface area contributed by atoms with Gasteiger partial charge >= 0.3 is 39.5 Å². The van der Waals surface area contributed by atoms with E-state index in [1.165, 1.54) is 270 Å². The standard InChI is InChI=1S/C85H166O17P2/c1-7-11-13-15-17-19-21-23-24-30-33-37-44-50-56-62-68-83(88)96-73-80(101-84(89)69-63-57-51-45-38-34-31-28-26-25-27-29-32-35-41-47-53-59-65-77(5)9-3)75-99-103(91,92)97-71-79(86)72-98-104(93,94)100-76-81(74-95-82(87)67-61-55-49-43-36-22-20-18-16-14-12-8-2)102-85(90)70-64-58-52-46-40-39-42-48-54-60-66-78(6)10-4/h77-81,86H,7-76H2,1-6H3,(H,91,92)(H,93,94)/t77?,78?,79-,80-,81-/m1/s1. The Bertz CT molecular complexity index is 2000. The van der Waals surface area contributed by atoms with Gasteiger partial charge in [0.25, 0.3) is 0 Å². The molecule has 0 fully saturated rings. The van der Waals surface area contributed by atoms with Gasteiger partial charge in [-0.2, -0.15) is 0 Å². The molecule has 0 bridgehead atoms. The van der Waals surface area contributed by atoms with Gasteiger partial charge in [0.05, 0.1) is 26.4 Å². The highest BCUT2D eigenvalue weighted by molar-refractivity contribution is 7.47. The van der Waals surface area contributed by atoms with Crippen LogP contribution in [0, 0.1) is 11.8 Å². The zero-order chi connectivity index (χ0) is 76.4. The maximum Gasteiger partial charge on any atom is 0.472 e. The van der Waals surface area contributed by atoms with Gasteiger partial charge in [-0.3, -0.25) is 37.3 Å². The van der Waals surface area contributed by atoms with Crippen LogP contribution in [0.3, 0.4) is 0 Å². The predicted molar refractivity (Wildman–Crippen MR) is 428 cm³/mol. The van der Waals surface area contributed by atoms with Gasteiger partial charge in [0, 0.05) is 25.7 Å². The number of esters is 4. The van der Waals surface area contributed by atoms with Crippen molar-refractivity contribution in [2.45, 2.75) is 471 Å². The zero-order valence-corrected chi connectivity index (χ0v) is 70.1. The van der Waals surface area contributed by atoms with Gasteiger partial charge < -0.3 is 33.8 Å². The number of aliphatic hydroxyl groups is 1. The van der Waals surface area contributed by atoms with Crippen molar-refractivity contribution in [2.24, 2.45) is 11.8 Å². The van der Waals surface area contributed by atoms with Crippen LogP contribution in [0.5, 0.6) is 0 Å². The fourth-order valence-corrected chi connectivity index (χ4v) is 14.8. The fourth-order valence-electron chi connectivity index (χ4n) is 13.2. The molecule has 0 spiro atoms. The Hall–Kier alpha value is -1.94. The summed E-state index contributed by atoms with van der Waals surface area (Å²) in [5.74, 6) is -0.428. The quantitative estimate of drug-likeness (QED) is 0.0222. The third kappa shape index (κ3) is 75.5. The van der Waals surface area contributed by atoms with E-state index in [1.54, 1.807) is 0 Å². The van der Waals surface area contributed by atoms with E-state index in [1.807, 2.05) is 0 Å². The van der Waals surface area contributed by atoms with E-state index in [0.717, 1.165) is 102 Å². The first-order valence-corrected chi connectivity index (χ1v) is 47.1. The molecular formula is C85H166O17P2.